The number of aromatic nitrogens is 4. The van der Waals surface area contributed by atoms with E-state index in [0.717, 1.165) is 35.9 Å². The van der Waals surface area contributed by atoms with Crippen molar-refractivity contribution in [3.63, 3.8) is 0 Å². The molecule has 3 aromatic carbocycles. The van der Waals surface area contributed by atoms with Crippen molar-refractivity contribution in [3.8, 4) is 0 Å². The highest BCUT2D eigenvalue weighted by Crippen LogP contribution is 2.20. The summed E-state index contributed by atoms with van der Waals surface area (Å²) in [6.45, 7) is 0. The topological polar surface area (TPSA) is 60.8 Å². The van der Waals surface area contributed by atoms with Crippen LogP contribution < -0.4 is 9.13 Å². The Balaban J connectivity index is 1.25. The summed E-state index contributed by atoms with van der Waals surface area (Å²) in [5, 5.41) is 0. The molecule has 0 saturated carbocycles. The fourth-order valence-corrected chi connectivity index (χ4v) is 5.09. The first-order chi connectivity index (χ1) is 20.3. The third-order valence-electron chi connectivity index (χ3n) is 7.28. The van der Waals surface area contributed by atoms with Gasteiger partial charge in [0.15, 0.2) is 0 Å². The Kier molecular flexibility index (Phi) is 8.62. The van der Waals surface area contributed by atoms with Gasteiger partial charge in [-0.15, -0.1) is 0 Å². The molecule has 0 aliphatic rings. The van der Waals surface area contributed by atoms with Crippen LogP contribution >= 0.6 is 0 Å². The van der Waals surface area contributed by atoms with E-state index in [-0.39, 0.29) is 0 Å². The molecule has 0 atom stereocenters. The fourth-order valence-electron chi connectivity index (χ4n) is 5.09. The van der Waals surface area contributed by atoms with Crippen molar-refractivity contribution in [2.45, 2.75) is 12.8 Å². The molecule has 42 heavy (non-hydrogen) atoms. The van der Waals surface area contributed by atoms with Gasteiger partial charge in [-0.1, -0.05) is 48.5 Å². The lowest BCUT2D eigenvalue weighted by atomic mass is 9.99. The zero-order valence-electron chi connectivity index (χ0n) is 25.2. The summed E-state index contributed by atoms with van der Waals surface area (Å²) in [6.07, 6.45) is 9.63. The molecule has 0 radical (unpaired) electrons. The van der Waals surface area contributed by atoms with Crippen LogP contribution in [0.15, 0.2) is 108 Å². The first kappa shape index (κ1) is 28.5. The fraction of sp³-hybridized carbons (Fsp3) is 0.235. The van der Waals surface area contributed by atoms with Crippen LogP contribution in [0.2, 0.25) is 0 Å². The summed E-state index contributed by atoms with van der Waals surface area (Å²) >= 11 is 0. The molecular weight excluding hydrogens is 524 g/mol. The maximum absolute atomic E-state index is 5.60. The van der Waals surface area contributed by atoms with Crippen LogP contribution in [0.1, 0.15) is 33.9 Å². The van der Waals surface area contributed by atoms with Gasteiger partial charge in [0.05, 0.1) is 53.8 Å². The van der Waals surface area contributed by atoms with Crippen molar-refractivity contribution in [1.82, 2.24) is 9.13 Å². The van der Waals surface area contributed by atoms with Gasteiger partial charge in [0.1, 0.15) is 24.8 Å². The molecule has 5 aromatic rings. The van der Waals surface area contributed by atoms with E-state index in [1.165, 1.54) is 22.3 Å². The number of ether oxygens (including phenoxy) is 2. The van der Waals surface area contributed by atoms with Gasteiger partial charge in [0.2, 0.25) is 0 Å². The van der Waals surface area contributed by atoms with Crippen molar-refractivity contribution >= 4 is 23.2 Å². The highest BCUT2D eigenvalue weighted by Gasteiger charge is 2.21. The minimum atomic E-state index is 0.578. The average molecular weight is 563 g/mol. The van der Waals surface area contributed by atoms with Crippen LogP contribution in [0.4, 0.5) is 11.4 Å². The van der Waals surface area contributed by atoms with Gasteiger partial charge in [0, 0.05) is 0 Å². The molecule has 8 heteroatoms. The molecule has 2 heterocycles. The molecular formula is C34H38N6O2+2. The lowest BCUT2D eigenvalue weighted by Gasteiger charge is -2.08. The van der Waals surface area contributed by atoms with Crippen molar-refractivity contribution in [3.05, 3.63) is 131 Å². The number of hydrogen-bond acceptors (Lipinski definition) is 4. The Morgan fingerprint density at radius 2 is 1.02 bits per heavy atom. The van der Waals surface area contributed by atoms with E-state index in [1.54, 1.807) is 14.2 Å². The van der Waals surface area contributed by atoms with Crippen LogP contribution in [0.25, 0.3) is 0 Å². The maximum atomic E-state index is 5.60. The molecule has 0 N–H and O–H groups in total. The quantitative estimate of drug-likeness (QED) is 0.157. The number of imidazole rings is 2. The third-order valence-corrected chi connectivity index (χ3v) is 7.28. The van der Waals surface area contributed by atoms with Crippen LogP contribution in [0.5, 0.6) is 0 Å². The molecule has 0 bridgehead atoms. The molecule has 5 rings (SSSR count). The van der Waals surface area contributed by atoms with Crippen molar-refractivity contribution < 1.29 is 18.6 Å². The van der Waals surface area contributed by atoms with Crippen molar-refractivity contribution in [2.75, 3.05) is 14.2 Å². The molecule has 2 aromatic heterocycles. The van der Waals surface area contributed by atoms with Gasteiger partial charge in [-0.05, 0) is 59.4 Å². The van der Waals surface area contributed by atoms with Crippen molar-refractivity contribution in [2.24, 2.45) is 38.2 Å². The number of nitrogens with zero attached hydrogens (tertiary/aromatic N) is 6. The van der Waals surface area contributed by atoms with Crippen molar-refractivity contribution in [1.29, 1.82) is 0 Å². The molecule has 8 nitrogen and oxygen atoms in total. The molecule has 0 saturated heterocycles. The van der Waals surface area contributed by atoms with Gasteiger partial charge in [-0.2, -0.15) is 0 Å². The Hall–Kier alpha value is -4.98. The Labute approximate surface area is 247 Å². The van der Waals surface area contributed by atoms with E-state index in [9.17, 15) is 0 Å². The molecule has 0 aliphatic carbocycles. The van der Waals surface area contributed by atoms with E-state index in [1.807, 2.05) is 95.5 Å². The van der Waals surface area contributed by atoms with Crippen LogP contribution in [-0.2, 0) is 50.5 Å². The lowest BCUT2D eigenvalue weighted by Crippen LogP contribution is -2.35. The van der Waals surface area contributed by atoms with Gasteiger partial charge < -0.3 is 9.47 Å². The highest BCUT2D eigenvalue weighted by atomic mass is 16.5. The second kappa shape index (κ2) is 12.7. The summed E-state index contributed by atoms with van der Waals surface area (Å²) in [5.74, 6) is 2.97. The zero-order valence-corrected chi connectivity index (χ0v) is 25.2. The predicted molar refractivity (Wildman–Crippen MR) is 165 cm³/mol. The Bertz CT molecular complexity index is 1560. The Morgan fingerprint density at radius 1 is 0.619 bits per heavy atom. The Morgan fingerprint density at radius 3 is 1.36 bits per heavy atom. The van der Waals surface area contributed by atoms with Crippen LogP contribution in [0, 0.1) is 0 Å². The number of hydrogen-bond donors (Lipinski definition) is 0. The standard InChI is InChI=1S/C34H38N6O2/c1-37-18-19-38(2)33(37)31(41-5)35-29-14-10-25(11-15-29)22-27-8-7-9-28(24-27)23-26-12-16-30(17-13-26)36-32(42-6)34-39(3)20-21-40(34)4/h7-21,24H,22-23H2,1-6H3/q+2. The molecule has 0 spiro atoms. The van der Waals surface area contributed by atoms with Crippen LogP contribution in [-0.4, -0.2) is 35.1 Å². The van der Waals surface area contributed by atoms with Gasteiger partial charge in [-0.3, -0.25) is 0 Å². The molecule has 0 fully saturated rings. The second-order valence-corrected chi connectivity index (χ2v) is 10.4. The third kappa shape index (κ3) is 6.49. The molecule has 214 valence electrons. The monoisotopic (exact) mass is 562 g/mol. The summed E-state index contributed by atoms with van der Waals surface area (Å²) < 4.78 is 19.2. The minimum absolute atomic E-state index is 0.578. The molecule has 0 aliphatic heterocycles. The first-order valence-electron chi connectivity index (χ1n) is 13.9. The summed E-state index contributed by atoms with van der Waals surface area (Å²) in [6, 6.07) is 25.5. The van der Waals surface area contributed by atoms with Gasteiger partial charge >= 0.3 is 23.4 Å². The summed E-state index contributed by atoms with van der Waals surface area (Å²) in [5.41, 5.74) is 6.73. The number of aryl methyl sites for hydroxylation is 4. The number of methoxy groups -OCH3 is 2. The maximum Gasteiger partial charge on any atom is 0.344 e. The average Bonchev–Trinajstić information content (AvgIpc) is 3.51. The van der Waals surface area contributed by atoms with Gasteiger partial charge in [-0.25, -0.2) is 28.3 Å². The smallest absolute Gasteiger partial charge is 0.344 e. The summed E-state index contributed by atoms with van der Waals surface area (Å²) in [4.78, 5) is 9.47. The number of benzene rings is 3. The van der Waals surface area contributed by atoms with E-state index in [2.05, 4.69) is 48.5 Å². The van der Waals surface area contributed by atoms with Gasteiger partial charge in [0.25, 0.3) is 0 Å². The molecule has 0 unspecified atom stereocenters. The van der Waals surface area contributed by atoms with E-state index in [0.29, 0.717) is 11.8 Å². The normalized spacial score (nSPS) is 12.0. The lowest BCUT2D eigenvalue weighted by molar-refractivity contribution is -0.672. The number of rotatable bonds is 8. The van der Waals surface area contributed by atoms with E-state index >= 15 is 0 Å². The SMILES string of the molecule is COC(=Nc1ccc(Cc2cccc(Cc3ccc(N=C(OC)c4n(C)cc[n+]4C)cc3)c2)cc1)c1n(C)cc[n+]1C. The number of aliphatic imine (C=N–C) groups is 2. The van der Waals surface area contributed by atoms with E-state index < -0.39 is 0 Å². The predicted octanol–water partition coefficient (Wildman–Crippen LogP) is 4.64. The minimum Gasteiger partial charge on any atom is -0.475 e. The zero-order chi connectivity index (χ0) is 29.6. The molecule has 0 amide bonds. The van der Waals surface area contributed by atoms with Crippen LogP contribution in [0.3, 0.4) is 0 Å². The first-order valence-corrected chi connectivity index (χ1v) is 13.9. The largest absolute Gasteiger partial charge is 0.475 e. The van der Waals surface area contributed by atoms with E-state index in [4.69, 9.17) is 19.5 Å². The highest BCUT2D eigenvalue weighted by molar-refractivity contribution is 5.91. The summed E-state index contributed by atoms with van der Waals surface area (Å²) in [7, 11) is 11.2. The second-order valence-electron chi connectivity index (χ2n) is 10.4.